The van der Waals surface area contributed by atoms with Crippen LogP contribution in [0.2, 0.25) is 0 Å². The predicted molar refractivity (Wildman–Crippen MR) is 110 cm³/mol. The summed E-state index contributed by atoms with van der Waals surface area (Å²) in [5.74, 6) is 0.586. The van der Waals surface area contributed by atoms with E-state index < -0.39 is 0 Å². The van der Waals surface area contributed by atoms with E-state index in [2.05, 4.69) is 31.2 Å². The van der Waals surface area contributed by atoms with E-state index >= 15 is 0 Å². The molecular weight excluding hydrogens is 352 g/mol. The van der Waals surface area contributed by atoms with E-state index in [0.717, 1.165) is 39.1 Å². The first kappa shape index (κ1) is 19.1. The number of likely N-dealkylation sites (tertiary alicyclic amines) is 1. The molecule has 7 heteroatoms. The van der Waals surface area contributed by atoms with Crippen molar-refractivity contribution in [1.82, 2.24) is 24.8 Å². The monoisotopic (exact) mass is 382 g/mol. The van der Waals surface area contributed by atoms with Gasteiger partial charge in [-0.3, -0.25) is 14.7 Å². The fraction of sp³-hybridized carbons (Fsp3) is 0.571. The lowest BCUT2D eigenvalue weighted by molar-refractivity contribution is 0.181. The van der Waals surface area contributed by atoms with Gasteiger partial charge < -0.3 is 14.8 Å². The number of aromatic nitrogens is 3. The summed E-state index contributed by atoms with van der Waals surface area (Å²) in [7, 11) is 1.78. The van der Waals surface area contributed by atoms with Gasteiger partial charge in [-0.1, -0.05) is 6.07 Å². The molecule has 0 aromatic carbocycles. The molecule has 2 saturated heterocycles. The lowest BCUT2D eigenvalue weighted by atomic mass is 10.00. The largest absolute Gasteiger partial charge is 0.350 e. The van der Waals surface area contributed by atoms with E-state index in [4.69, 9.17) is 0 Å². The Morgan fingerprint density at radius 2 is 2.00 bits per heavy atom. The third-order valence-corrected chi connectivity index (χ3v) is 5.91. The highest BCUT2D eigenvalue weighted by Gasteiger charge is 2.26. The van der Waals surface area contributed by atoms with Gasteiger partial charge in [0.1, 0.15) is 0 Å². The summed E-state index contributed by atoms with van der Waals surface area (Å²) < 4.78 is 1.61. The van der Waals surface area contributed by atoms with Crippen LogP contribution in [0.4, 0.5) is 5.82 Å². The van der Waals surface area contributed by atoms with Crippen LogP contribution in [-0.4, -0.2) is 57.7 Å². The van der Waals surface area contributed by atoms with E-state index in [-0.39, 0.29) is 5.56 Å². The minimum Gasteiger partial charge on any atom is -0.350 e. The van der Waals surface area contributed by atoms with Crippen molar-refractivity contribution in [2.24, 2.45) is 7.05 Å². The van der Waals surface area contributed by atoms with Crippen molar-refractivity contribution in [2.45, 2.75) is 44.3 Å². The molecule has 0 amide bonds. The van der Waals surface area contributed by atoms with Crippen LogP contribution in [0, 0.1) is 0 Å². The molecule has 150 valence electrons. The minimum atomic E-state index is -0.00754. The highest BCUT2D eigenvalue weighted by atomic mass is 16.1. The molecule has 4 heterocycles. The van der Waals surface area contributed by atoms with Crippen molar-refractivity contribution in [2.75, 3.05) is 31.1 Å². The summed E-state index contributed by atoms with van der Waals surface area (Å²) >= 11 is 0. The molecule has 2 aromatic heterocycles. The van der Waals surface area contributed by atoms with E-state index in [1.807, 2.05) is 18.5 Å². The Kier molecular flexibility index (Phi) is 6.02. The van der Waals surface area contributed by atoms with Crippen LogP contribution in [-0.2, 0) is 13.6 Å². The lowest BCUT2D eigenvalue weighted by Gasteiger charge is -2.38. The van der Waals surface area contributed by atoms with Gasteiger partial charge in [-0.2, -0.15) is 0 Å². The molecule has 0 radical (unpaired) electrons. The smallest absolute Gasteiger partial charge is 0.293 e. The highest BCUT2D eigenvalue weighted by molar-refractivity contribution is 5.36. The van der Waals surface area contributed by atoms with Gasteiger partial charge in [-0.25, -0.2) is 4.98 Å². The first-order chi connectivity index (χ1) is 13.7. The number of hydrogen-bond acceptors (Lipinski definition) is 6. The predicted octanol–water partition coefficient (Wildman–Crippen LogP) is 1.40. The van der Waals surface area contributed by atoms with Gasteiger partial charge in [-0.05, 0) is 50.4 Å². The van der Waals surface area contributed by atoms with Crippen molar-refractivity contribution in [1.29, 1.82) is 0 Å². The molecule has 0 aliphatic carbocycles. The average molecular weight is 383 g/mol. The number of piperidine rings is 2. The molecular formula is C21H30N6O. The topological polar surface area (TPSA) is 66.3 Å². The second-order valence-corrected chi connectivity index (χ2v) is 8.03. The molecule has 0 spiro atoms. The maximum atomic E-state index is 12.4. The number of anilines is 1. The number of nitrogens with one attached hydrogen (secondary N) is 1. The van der Waals surface area contributed by atoms with E-state index in [9.17, 15) is 4.79 Å². The number of hydrogen-bond donors (Lipinski definition) is 1. The molecule has 0 bridgehead atoms. The third-order valence-electron chi connectivity index (χ3n) is 5.91. The Hall–Kier alpha value is -2.25. The SMILES string of the molecule is Cn1ccnc(N2CCC[C@H](NC3CCN(Cc4cccnc4)CC3)C2)c1=O. The summed E-state index contributed by atoms with van der Waals surface area (Å²) in [6.45, 7) is 4.99. The van der Waals surface area contributed by atoms with Gasteiger partial charge >= 0.3 is 0 Å². The molecule has 2 aromatic rings. The first-order valence-electron chi connectivity index (χ1n) is 10.3. The summed E-state index contributed by atoms with van der Waals surface area (Å²) in [5.41, 5.74) is 1.28. The second kappa shape index (κ2) is 8.84. The van der Waals surface area contributed by atoms with Gasteiger partial charge in [-0.15, -0.1) is 0 Å². The number of aryl methyl sites for hydroxylation is 1. The van der Waals surface area contributed by atoms with Gasteiger partial charge in [0.05, 0.1) is 0 Å². The Morgan fingerprint density at radius 3 is 2.79 bits per heavy atom. The molecule has 7 nitrogen and oxygen atoms in total. The fourth-order valence-corrected chi connectivity index (χ4v) is 4.35. The van der Waals surface area contributed by atoms with E-state index in [0.29, 0.717) is 17.9 Å². The molecule has 2 aliphatic heterocycles. The van der Waals surface area contributed by atoms with Gasteiger partial charge in [0, 0.05) is 63.6 Å². The quantitative estimate of drug-likeness (QED) is 0.843. The van der Waals surface area contributed by atoms with E-state index in [1.54, 1.807) is 24.0 Å². The Morgan fingerprint density at radius 1 is 1.14 bits per heavy atom. The van der Waals surface area contributed by atoms with Crippen LogP contribution in [0.25, 0.3) is 0 Å². The Bertz CT molecular complexity index is 815. The summed E-state index contributed by atoms with van der Waals surface area (Å²) in [6.07, 6.45) is 11.8. The molecule has 2 fully saturated rings. The zero-order valence-corrected chi connectivity index (χ0v) is 16.6. The zero-order chi connectivity index (χ0) is 19.3. The maximum absolute atomic E-state index is 12.4. The summed E-state index contributed by atoms with van der Waals surface area (Å²) in [5, 5.41) is 3.86. The number of nitrogens with zero attached hydrogens (tertiary/aromatic N) is 5. The maximum Gasteiger partial charge on any atom is 0.293 e. The second-order valence-electron chi connectivity index (χ2n) is 8.03. The van der Waals surface area contributed by atoms with Crippen molar-refractivity contribution >= 4 is 5.82 Å². The van der Waals surface area contributed by atoms with Crippen LogP contribution in [0.1, 0.15) is 31.2 Å². The van der Waals surface area contributed by atoms with Crippen LogP contribution < -0.4 is 15.8 Å². The third kappa shape index (κ3) is 4.59. The van der Waals surface area contributed by atoms with Gasteiger partial charge in [0.15, 0.2) is 5.82 Å². The van der Waals surface area contributed by atoms with E-state index in [1.165, 1.54) is 24.8 Å². The standard InChI is InChI=1S/C21H30N6O/c1-25-13-9-23-20(21(25)28)27-10-3-5-19(16-27)24-18-6-11-26(12-7-18)15-17-4-2-8-22-14-17/h2,4,8-9,13-14,18-19,24H,3,5-7,10-12,15-16H2,1H3/t19-/m0/s1. The number of pyridine rings is 1. The molecule has 28 heavy (non-hydrogen) atoms. The van der Waals surface area contributed by atoms with Gasteiger partial charge in [0.25, 0.3) is 5.56 Å². The molecule has 0 unspecified atom stereocenters. The molecule has 4 rings (SSSR count). The molecule has 2 aliphatic rings. The first-order valence-corrected chi connectivity index (χ1v) is 10.3. The molecule has 1 N–H and O–H groups in total. The average Bonchev–Trinajstić information content (AvgIpc) is 2.72. The van der Waals surface area contributed by atoms with Crippen LogP contribution >= 0.6 is 0 Å². The van der Waals surface area contributed by atoms with Crippen molar-refractivity contribution in [3.8, 4) is 0 Å². The Balaban J connectivity index is 1.28. The molecule has 1 atom stereocenters. The Labute approximate surface area is 166 Å². The zero-order valence-electron chi connectivity index (χ0n) is 16.6. The van der Waals surface area contributed by atoms with Crippen LogP contribution in [0.5, 0.6) is 0 Å². The molecule has 0 saturated carbocycles. The van der Waals surface area contributed by atoms with Crippen molar-refractivity contribution in [3.63, 3.8) is 0 Å². The normalized spacial score (nSPS) is 21.8. The van der Waals surface area contributed by atoms with Crippen molar-refractivity contribution in [3.05, 3.63) is 52.8 Å². The fourth-order valence-electron chi connectivity index (χ4n) is 4.35. The van der Waals surface area contributed by atoms with Gasteiger partial charge in [0.2, 0.25) is 0 Å². The summed E-state index contributed by atoms with van der Waals surface area (Å²) in [6, 6.07) is 5.14. The van der Waals surface area contributed by atoms with Crippen LogP contribution in [0.15, 0.2) is 41.7 Å². The highest BCUT2D eigenvalue weighted by Crippen LogP contribution is 2.18. The van der Waals surface area contributed by atoms with Crippen molar-refractivity contribution < 1.29 is 0 Å². The summed E-state index contributed by atoms with van der Waals surface area (Å²) in [4.78, 5) is 25.6. The van der Waals surface area contributed by atoms with Crippen LogP contribution in [0.3, 0.4) is 0 Å². The number of rotatable bonds is 5. The minimum absolute atomic E-state index is 0.00754. The lowest BCUT2D eigenvalue weighted by Crippen LogP contribution is -2.52.